The van der Waals surface area contributed by atoms with Crippen molar-refractivity contribution >= 4 is 18.3 Å². The highest BCUT2D eigenvalue weighted by molar-refractivity contribution is 5.85. The van der Waals surface area contributed by atoms with Crippen molar-refractivity contribution in [2.45, 2.75) is 38.3 Å². The Bertz CT molecular complexity index is 508. The second kappa shape index (κ2) is 7.95. The number of likely N-dealkylation sites (tertiary alicyclic amines) is 1. The molecule has 122 valence electrons. The lowest BCUT2D eigenvalue weighted by Gasteiger charge is -2.37. The molecule has 1 aromatic rings. The summed E-state index contributed by atoms with van der Waals surface area (Å²) in [5, 5.41) is 0. The Labute approximate surface area is 139 Å². The summed E-state index contributed by atoms with van der Waals surface area (Å²) in [6, 6.07) is 8.84. The number of nitrogens with two attached hydrogens (primary N) is 1. The summed E-state index contributed by atoms with van der Waals surface area (Å²) in [6.45, 7) is 3.81. The van der Waals surface area contributed by atoms with E-state index in [0.717, 1.165) is 32.5 Å². The first-order valence-corrected chi connectivity index (χ1v) is 8.06. The second-order valence-corrected chi connectivity index (χ2v) is 6.19. The van der Waals surface area contributed by atoms with Gasteiger partial charge in [-0.05, 0) is 36.9 Å². The van der Waals surface area contributed by atoms with E-state index in [1.807, 2.05) is 4.90 Å². The lowest BCUT2D eigenvalue weighted by molar-refractivity contribution is -0.134. The third kappa shape index (κ3) is 3.80. The first kappa shape index (κ1) is 17.3. The van der Waals surface area contributed by atoms with Crippen LogP contribution in [0.2, 0.25) is 0 Å². The molecule has 1 amide bonds. The maximum atomic E-state index is 12.6. The lowest BCUT2D eigenvalue weighted by Crippen LogP contribution is -2.50. The number of carbonyl (C=O) groups excluding carboxylic acids is 1. The Morgan fingerprint density at radius 1 is 1.18 bits per heavy atom. The van der Waals surface area contributed by atoms with Gasteiger partial charge in [-0.1, -0.05) is 30.7 Å². The fourth-order valence-corrected chi connectivity index (χ4v) is 3.52. The molecule has 0 aliphatic carbocycles. The number of nitrogens with zero attached hydrogens (tertiary/aromatic N) is 2. The summed E-state index contributed by atoms with van der Waals surface area (Å²) < 4.78 is 0. The van der Waals surface area contributed by atoms with Crippen LogP contribution in [-0.4, -0.2) is 47.9 Å². The van der Waals surface area contributed by atoms with E-state index in [1.165, 1.54) is 24.0 Å². The van der Waals surface area contributed by atoms with Gasteiger partial charge in [-0.2, -0.15) is 0 Å². The van der Waals surface area contributed by atoms with Crippen LogP contribution < -0.4 is 5.73 Å². The Balaban J connectivity index is 0.00000176. The van der Waals surface area contributed by atoms with Gasteiger partial charge in [0.25, 0.3) is 0 Å². The second-order valence-electron chi connectivity index (χ2n) is 6.19. The van der Waals surface area contributed by atoms with Gasteiger partial charge < -0.3 is 10.6 Å². The fourth-order valence-electron chi connectivity index (χ4n) is 3.52. The number of hydrogen-bond donors (Lipinski definition) is 1. The summed E-state index contributed by atoms with van der Waals surface area (Å²) in [5.41, 5.74) is 8.53. The third-order valence-electron chi connectivity index (χ3n) is 4.84. The van der Waals surface area contributed by atoms with Crippen LogP contribution in [0.25, 0.3) is 0 Å². The molecule has 0 radical (unpaired) electrons. The molecule has 2 aliphatic rings. The maximum absolute atomic E-state index is 12.6. The topological polar surface area (TPSA) is 49.6 Å². The molecule has 0 aromatic heterocycles. The van der Waals surface area contributed by atoms with Crippen molar-refractivity contribution in [2.75, 3.05) is 26.2 Å². The molecule has 1 unspecified atom stereocenters. The summed E-state index contributed by atoms with van der Waals surface area (Å²) in [5.74, 6) is 0.254. The Hall–Kier alpha value is -1.10. The molecule has 1 atom stereocenters. The minimum atomic E-state index is 0. The first-order chi connectivity index (χ1) is 10.3. The van der Waals surface area contributed by atoms with E-state index < -0.39 is 0 Å². The highest BCUT2D eigenvalue weighted by Gasteiger charge is 2.26. The van der Waals surface area contributed by atoms with Crippen LogP contribution in [0.15, 0.2) is 24.3 Å². The van der Waals surface area contributed by atoms with Crippen LogP contribution in [0.1, 0.15) is 30.4 Å². The monoisotopic (exact) mass is 323 g/mol. The largest absolute Gasteiger partial charge is 0.337 e. The Morgan fingerprint density at radius 2 is 1.95 bits per heavy atom. The highest BCUT2D eigenvalue weighted by atomic mass is 35.5. The molecule has 4 nitrogen and oxygen atoms in total. The van der Waals surface area contributed by atoms with E-state index >= 15 is 0 Å². The summed E-state index contributed by atoms with van der Waals surface area (Å²) >= 11 is 0. The average molecular weight is 324 g/mol. The molecule has 3 rings (SSSR count). The van der Waals surface area contributed by atoms with Gasteiger partial charge in [0, 0.05) is 25.7 Å². The van der Waals surface area contributed by atoms with Gasteiger partial charge in [0.2, 0.25) is 5.91 Å². The van der Waals surface area contributed by atoms with Crippen molar-refractivity contribution in [1.29, 1.82) is 0 Å². The zero-order valence-electron chi connectivity index (χ0n) is 13.0. The molecule has 2 heterocycles. The molecule has 0 bridgehead atoms. The van der Waals surface area contributed by atoms with Gasteiger partial charge in [0.15, 0.2) is 0 Å². The average Bonchev–Trinajstić information content (AvgIpc) is 2.55. The number of amides is 1. The molecule has 0 spiro atoms. The van der Waals surface area contributed by atoms with Crippen molar-refractivity contribution in [3.05, 3.63) is 35.4 Å². The number of fused-ring (bicyclic) bond motifs is 1. The minimum Gasteiger partial charge on any atom is -0.337 e. The normalized spacial score (nSPS) is 21.9. The summed E-state index contributed by atoms with van der Waals surface area (Å²) in [6.07, 6.45) is 4.53. The molecule has 1 aromatic carbocycles. The number of carbonyl (C=O) groups is 1. The van der Waals surface area contributed by atoms with Crippen LogP contribution in [0, 0.1) is 0 Å². The molecule has 2 aliphatic heterocycles. The molecular weight excluding hydrogens is 298 g/mol. The predicted octanol–water partition coefficient (Wildman–Crippen LogP) is 1.81. The molecule has 0 saturated carbocycles. The standard InChI is InChI=1S/C17H25N3O.ClH/c18-11-16-7-3-4-9-19(16)13-17(21)20-10-8-14-5-1-2-6-15(14)12-20;/h1-2,5-6,16H,3-4,7-13,18H2;1H. The van der Waals surface area contributed by atoms with Crippen LogP contribution in [0.3, 0.4) is 0 Å². The van der Waals surface area contributed by atoms with Gasteiger partial charge in [0.05, 0.1) is 6.54 Å². The quantitative estimate of drug-likeness (QED) is 0.923. The van der Waals surface area contributed by atoms with Gasteiger partial charge >= 0.3 is 0 Å². The Morgan fingerprint density at radius 3 is 2.73 bits per heavy atom. The van der Waals surface area contributed by atoms with Crippen LogP contribution in [0.4, 0.5) is 0 Å². The van der Waals surface area contributed by atoms with Gasteiger partial charge in [-0.25, -0.2) is 0 Å². The molecule has 2 N–H and O–H groups in total. The predicted molar refractivity (Wildman–Crippen MR) is 91.1 cm³/mol. The van der Waals surface area contributed by atoms with Crippen molar-refractivity contribution in [3.63, 3.8) is 0 Å². The summed E-state index contributed by atoms with van der Waals surface area (Å²) in [4.78, 5) is 16.9. The van der Waals surface area contributed by atoms with E-state index in [1.54, 1.807) is 0 Å². The molecule has 22 heavy (non-hydrogen) atoms. The maximum Gasteiger partial charge on any atom is 0.237 e. The third-order valence-corrected chi connectivity index (χ3v) is 4.84. The number of benzene rings is 1. The lowest BCUT2D eigenvalue weighted by atomic mass is 9.99. The van der Waals surface area contributed by atoms with E-state index in [4.69, 9.17) is 5.73 Å². The van der Waals surface area contributed by atoms with E-state index in [0.29, 0.717) is 19.1 Å². The van der Waals surface area contributed by atoms with Gasteiger partial charge in [-0.15, -0.1) is 12.4 Å². The number of halogens is 1. The van der Waals surface area contributed by atoms with Crippen LogP contribution >= 0.6 is 12.4 Å². The van der Waals surface area contributed by atoms with E-state index in [2.05, 4.69) is 29.2 Å². The van der Waals surface area contributed by atoms with Crippen molar-refractivity contribution in [3.8, 4) is 0 Å². The Kier molecular flexibility index (Phi) is 6.24. The molecule has 1 saturated heterocycles. The zero-order chi connectivity index (χ0) is 14.7. The SMILES string of the molecule is Cl.NCC1CCCCN1CC(=O)N1CCc2ccccc2C1. The number of hydrogen-bond acceptors (Lipinski definition) is 3. The zero-order valence-corrected chi connectivity index (χ0v) is 13.9. The minimum absolute atomic E-state index is 0. The fraction of sp³-hybridized carbons (Fsp3) is 0.588. The smallest absolute Gasteiger partial charge is 0.237 e. The van der Waals surface area contributed by atoms with E-state index in [-0.39, 0.29) is 18.3 Å². The van der Waals surface area contributed by atoms with Gasteiger partial charge in [0.1, 0.15) is 0 Å². The number of piperidine rings is 1. The molecular formula is C17H26ClN3O. The van der Waals surface area contributed by atoms with Crippen molar-refractivity contribution in [2.24, 2.45) is 5.73 Å². The van der Waals surface area contributed by atoms with Crippen LogP contribution in [-0.2, 0) is 17.8 Å². The first-order valence-electron chi connectivity index (χ1n) is 8.06. The van der Waals surface area contributed by atoms with E-state index in [9.17, 15) is 4.79 Å². The number of rotatable bonds is 3. The highest BCUT2D eigenvalue weighted by Crippen LogP contribution is 2.20. The van der Waals surface area contributed by atoms with Gasteiger partial charge in [-0.3, -0.25) is 9.69 Å². The van der Waals surface area contributed by atoms with Crippen molar-refractivity contribution < 1.29 is 4.79 Å². The molecule has 1 fully saturated rings. The summed E-state index contributed by atoms with van der Waals surface area (Å²) in [7, 11) is 0. The van der Waals surface area contributed by atoms with Crippen molar-refractivity contribution in [1.82, 2.24) is 9.80 Å². The van der Waals surface area contributed by atoms with Crippen LogP contribution in [0.5, 0.6) is 0 Å². The molecule has 5 heteroatoms.